The van der Waals surface area contributed by atoms with E-state index < -0.39 is 0 Å². The number of carbonyl (C=O) groups is 1. The van der Waals surface area contributed by atoms with Crippen LogP contribution in [0.25, 0.3) is 6.08 Å². The molecule has 0 saturated carbocycles. The Kier molecular flexibility index (Phi) is 2.99. The fourth-order valence-electron chi connectivity index (χ4n) is 1.53. The Morgan fingerprint density at radius 2 is 2.29 bits per heavy atom. The summed E-state index contributed by atoms with van der Waals surface area (Å²) >= 11 is 0. The smallest absolute Gasteiger partial charge is 0.277 e. The topological polar surface area (TPSA) is 55.6 Å². The number of rotatable bonds is 2. The molecule has 0 spiro atoms. The number of hydrazone groups is 1. The van der Waals surface area contributed by atoms with Crippen LogP contribution in [0.4, 0.5) is 0 Å². The summed E-state index contributed by atoms with van der Waals surface area (Å²) in [4.78, 5) is 11.6. The molecular formula is C12H15N3O2. The van der Waals surface area contributed by atoms with E-state index in [2.05, 4.69) is 10.5 Å². The minimum absolute atomic E-state index is 0.0155. The number of nitrogens with zero attached hydrogens (tertiary/aromatic N) is 2. The van der Waals surface area contributed by atoms with Gasteiger partial charge in [-0.1, -0.05) is 0 Å². The molecule has 1 aromatic rings. The lowest BCUT2D eigenvalue weighted by Crippen LogP contribution is -2.16. The fraction of sp³-hybridized carbons (Fsp3) is 0.333. The number of nitrogens with one attached hydrogen (secondary N) is 1. The van der Waals surface area contributed by atoms with Crippen LogP contribution in [0.2, 0.25) is 0 Å². The third-order valence-electron chi connectivity index (χ3n) is 2.36. The van der Waals surface area contributed by atoms with Crippen molar-refractivity contribution in [3.8, 4) is 0 Å². The lowest BCUT2D eigenvalue weighted by atomic mass is 10.2. The van der Waals surface area contributed by atoms with Gasteiger partial charge in [-0.15, -0.1) is 5.10 Å². The molecule has 0 unspecified atom stereocenters. The third kappa shape index (κ3) is 2.38. The van der Waals surface area contributed by atoms with Crippen LogP contribution >= 0.6 is 0 Å². The summed E-state index contributed by atoms with van der Waals surface area (Å²) in [6, 6.07) is 3.84. The van der Waals surface area contributed by atoms with Gasteiger partial charge in [0, 0.05) is 18.9 Å². The van der Waals surface area contributed by atoms with E-state index in [0.29, 0.717) is 11.5 Å². The van der Waals surface area contributed by atoms with Crippen molar-refractivity contribution in [3.05, 3.63) is 29.6 Å². The van der Waals surface area contributed by atoms with Gasteiger partial charge in [-0.25, -0.2) is 5.43 Å². The molecule has 5 nitrogen and oxygen atoms in total. The first-order chi connectivity index (χ1) is 8.08. The molecule has 5 heteroatoms. The van der Waals surface area contributed by atoms with Crippen molar-refractivity contribution in [1.82, 2.24) is 9.99 Å². The number of aryl methyl sites for hydroxylation is 1. The lowest BCUT2D eigenvalue weighted by molar-refractivity contribution is -0.116. The average molecular weight is 233 g/mol. The van der Waals surface area contributed by atoms with Crippen LogP contribution in [0.5, 0.6) is 0 Å². The highest BCUT2D eigenvalue weighted by molar-refractivity contribution is 6.24. The molecule has 0 bridgehead atoms. The largest absolute Gasteiger partial charge is 0.473 e. The lowest BCUT2D eigenvalue weighted by Gasteiger charge is -2.08. The van der Waals surface area contributed by atoms with Crippen molar-refractivity contribution >= 4 is 17.9 Å². The van der Waals surface area contributed by atoms with Gasteiger partial charge in [0.15, 0.2) is 0 Å². The molecule has 90 valence electrons. The molecule has 1 aliphatic rings. The van der Waals surface area contributed by atoms with Gasteiger partial charge in [0.1, 0.15) is 5.57 Å². The number of hydrogen-bond acceptors (Lipinski definition) is 3. The standard InChI is InChI=1S/C12H15N3O2/c1-8(2)17-12-10(11(16)13-14-12)7-9-5-4-6-15(9)3/h4-8H,1-3H3,(H,13,16). The fourth-order valence-corrected chi connectivity index (χ4v) is 1.53. The number of hydrogen-bond donors (Lipinski definition) is 1. The molecule has 2 rings (SSSR count). The van der Waals surface area contributed by atoms with Gasteiger partial charge in [0.05, 0.1) is 6.10 Å². The van der Waals surface area contributed by atoms with Gasteiger partial charge in [-0.05, 0) is 32.1 Å². The summed E-state index contributed by atoms with van der Waals surface area (Å²) in [6.07, 6.45) is 3.67. The van der Waals surface area contributed by atoms with Crippen molar-refractivity contribution in [3.63, 3.8) is 0 Å². The van der Waals surface area contributed by atoms with E-state index in [0.717, 1.165) is 5.69 Å². The summed E-state index contributed by atoms with van der Waals surface area (Å²) < 4.78 is 7.39. The van der Waals surface area contributed by atoms with E-state index in [9.17, 15) is 4.79 Å². The molecule has 0 saturated heterocycles. The zero-order valence-electron chi connectivity index (χ0n) is 10.1. The van der Waals surface area contributed by atoms with Crippen LogP contribution < -0.4 is 5.43 Å². The summed E-state index contributed by atoms with van der Waals surface area (Å²) in [5.74, 6) is 0.119. The van der Waals surface area contributed by atoms with Crippen molar-refractivity contribution in [2.24, 2.45) is 12.1 Å². The number of amides is 1. The van der Waals surface area contributed by atoms with Gasteiger partial charge in [0.2, 0.25) is 5.90 Å². The maximum Gasteiger partial charge on any atom is 0.277 e. The van der Waals surface area contributed by atoms with E-state index in [4.69, 9.17) is 4.74 Å². The zero-order chi connectivity index (χ0) is 12.4. The van der Waals surface area contributed by atoms with E-state index in [1.54, 1.807) is 6.08 Å². The van der Waals surface area contributed by atoms with Crippen molar-refractivity contribution in [2.75, 3.05) is 0 Å². The Hall–Kier alpha value is -2.04. The van der Waals surface area contributed by atoms with E-state index in [-0.39, 0.29) is 12.0 Å². The summed E-state index contributed by atoms with van der Waals surface area (Å²) in [5, 5.41) is 3.87. The molecule has 0 aromatic carbocycles. The molecular weight excluding hydrogens is 218 g/mol. The van der Waals surface area contributed by atoms with Crippen LogP contribution in [-0.4, -0.2) is 22.5 Å². The Morgan fingerprint density at radius 1 is 1.53 bits per heavy atom. The number of ether oxygens (including phenoxy) is 1. The highest BCUT2D eigenvalue weighted by atomic mass is 16.5. The molecule has 1 aromatic heterocycles. The summed E-state index contributed by atoms with van der Waals surface area (Å²) in [7, 11) is 1.92. The highest BCUT2D eigenvalue weighted by Gasteiger charge is 2.25. The first-order valence-electron chi connectivity index (χ1n) is 5.46. The zero-order valence-corrected chi connectivity index (χ0v) is 10.1. The molecule has 17 heavy (non-hydrogen) atoms. The predicted molar refractivity (Wildman–Crippen MR) is 65.2 cm³/mol. The second kappa shape index (κ2) is 4.45. The number of carbonyl (C=O) groups excluding carboxylic acids is 1. The Bertz CT molecular complexity index is 498. The van der Waals surface area contributed by atoms with Gasteiger partial charge in [0.25, 0.3) is 5.91 Å². The van der Waals surface area contributed by atoms with E-state index in [1.807, 2.05) is 43.8 Å². The van der Waals surface area contributed by atoms with Crippen molar-refractivity contribution in [2.45, 2.75) is 20.0 Å². The Labute approximate surface area is 99.8 Å². The predicted octanol–water partition coefficient (Wildman–Crippen LogP) is 1.28. The minimum Gasteiger partial charge on any atom is -0.473 e. The maximum absolute atomic E-state index is 11.6. The normalized spacial score (nSPS) is 17.5. The third-order valence-corrected chi connectivity index (χ3v) is 2.36. The Morgan fingerprint density at radius 3 is 2.88 bits per heavy atom. The molecule has 1 aliphatic heterocycles. The molecule has 0 fully saturated rings. The number of aromatic nitrogens is 1. The van der Waals surface area contributed by atoms with Crippen LogP contribution in [0.15, 0.2) is 29.0 Å². The van der Waals surface area contributed by atoms with E-state index in [1.165, 1.54) is 0 Å². The van der Waals surface area contributed by atoms with E-state index >= 15 is 0 Å². The second-order valence-corrected chi connectivity index (χ2v) is 4.13. The van der Waals surface area contributed by atoms with Crippen molar-refractivity contribution < 1.29 is 9.53 Å². The highest BCUT2D eigenvalue weighted by Crippen LogP contribution is 2.14. The van der Waals surface area contributed by atoms with Gasteiger partial charge < -0.3 is 9.30 Å². The Balaban J connectivity index is 2.29. The molecule has 2 heterocycles. The molecule has 1 amide bonds. The minimum atomic E-state index is -0.234. The average Bonchev–Trinajstić information content (AvgIpc) is 2.79. The van der Waals surface area contributed by atoms with Crippen LogP contribution in [0.1, 0.15) is 19.5 Å². The van der Waals surface area contributed by atoms with Gasteiger partial charge in [-0.3, -0.25) is 4.79 Å². The SMILES string of the molecule is CC(C)OC1=NNC(=O)C1=Cc1cccn1C. The summed E-state index contributed by atoms with van der Waals surface area (Å²) in [5.41, 5.74) is 3.79. The first-order valence-corrected chi connectivity index (χ1v) is 5.46. The second-order valence-electron chi connectivity index (χ2n) is 4.13. The van der Waals surface area contributed by atoms with Crippen LogP contribution in [-0.2, 0) is 16.6 Å². The van der Waals surface area contributed by atoms with Gasteiger partial charge >= 0.3 is 0 Å². The molecule has 1 N–H and O–H groups in total. The van der Waals surface area contributed by atoms with Crippen molar-refractivity contribution in [1.29, 1.82) is 0 Å². The van der Waals surface area contributed by atoms with Crippen LogP contribution in [0, 0.1) is 0 Å². The molecule has 0 radical (unpaired) electrons. The molecule has 0 aliphatic carbocycles. The maximum atomic E-state index is 11.6. The summed E-state index contributed by atoms with van der Waals surface area (Å²) in [6.45, 7) is 3.79. The van der Waals surface area contributed by atoms with Crippen LogP contribution in [0.3, 0.4) is 0 Å². The quantitative estimate of drug-likeness (QED) is 0.782. The first kappa shape index (κ1) is 11.4. The molecule has 0 atom stereocenters. The van der Waals surface area contributed by atoms with Gasteiger partial charge in [-0.2, -0.15) is 0 Å². The monoisotopic (exact) mass is 233 g/mol.